The highest BCUT2D eigenvalue weighted by Crippen LogP contribution is 2.29. The molecule has 1 heterocycles. The Hall–Kier alpha value is -1.71. The van der Waals surface area contributed by atoms with Crippen LogP contribution < -0.4 is 4.74 Å². The van der Waals surface area contributed by atoms with E-state index in [0.29, 0.717) is 6.42 Å². The van der Waals surface area contributed by atoms with Crippen LogP contribution in [-0.4, -0.2) is 75.8 Å². The molecule has 0 aliphatic carbocycles. The zero-order valence-electron chi connectivity index (χ0n) is 14.0. The van der Waals surface area contributed by atoms with E-state index in [0.717, 1.165) is 38.8 Å². The molecule has 0 saturated carbocycles. The van der Waals surface area contributed by atoms with E-state index < -0.39 is 14.8 Å². The molecule has 1 saturated heterocycles. The number of benzene rings is 1. The highest BCUT2D eigenvalue weighted by Gasteiger charge is 2.23. The van der Waals surface area contributed by atoms with Crippen LogP contribution in [0.25, 0.3) is 0 Å². The summed E-state index contributed by atoms with van der Waals surface area (Å²) < 4.78 is 30.1. The van der Waals surface area contributed by atoms with Gasteiger partial charge in [0.2, 0.25) is 0 Å². The van der Waals surface area contributed by atoms with Gasteiger partial charge in [-0.15, -0.1) is 0 Å². The van der Waals surface area contributed by atoms with Gasteiger partial charge in [0.25, 0.3) is 5.69 Å². The molecular formula is C15H23N3O5S. The van der Waals surface area contributed by atoms with Crippen LogP contribution in [-0.2, 0) is 9.84 Å². The quantitative estimate of drug-likeness (QED) is 0.531. The van der Waals surface area contributed by atoms with Gasteiger partial charge < -0.3 is 14.5 Å². The average molecular weight is 357 g/mol. The number of methoxy groups -OCH3 is 1. The number of piperazine rings is 1. The molecule has 2 rings (SSSR count). The molecular weight excluding hydrogens is 334 g/mol. The number of nitro groups is 1. The van der Waals surface area contributed by atoms with Crippen molar-refractivity contribution in [2.75, 3.05) is 52.6 Å². The summed E-state index contributed by atoms with van der Waals surface area (Å²) in [5.41, 5.74) is -0.191. The molecule has 0 N–H and O–H groups in total. The molecule has 0 bridgehead atoms. The van der Waals surface area contributed by atoms with Crippen molar-refractivity contribution < 1.29 is 18.1 Å². The Labute approximate surface area is 142 Å². The smallest absolute Gasteiger partial charge is 0.273 e. The number of ether oxygens (including phenoxy) is 1. The first-order chi connectivity index (χ1) is 11.3. The Morgan fingerprint density at radius 2 is 1.92 bits per heavy atom. The van der Waals surface area contributed by atoms with E-state index in [-0.39, 0.29) is 22.1 Å². The predicted octanol–water partition coefficient (Wildman–Crippen LogP) is 1.01. The van der Waals surface area contributed by atoms with Crippen molar-refractivity contribution in [3.05, 3.63) is 28.3 Å². The van der Waals surface area contributed by atoms with E-state index in [2.05, 4.69) is 16.8 Å². The molecule has 1 aliphatic heterocycles. The fourth-order valence-corrected chi connectivity index (χ4v) is 4.14. The first-order valence-electron chi connectivity index (χ1n) is 7.79. The maximum absolute atomic E-state index is 12.5. The number of hydrogen-bond acceptors (Lipinski definition) is 7. The maximum atomic E-state index is 12.5. The summed E-state index contributed by atoms with van der Waals surface area (Å²) in [6.45, 7) is 4.59. The van der Waals surface area contributed by atoms with Crippen LogP contribution in [0, 0.1) is 10.1 Å². The molecule has 1 aromatic rings. The minimum absolute atomic E-state index is 0.00644. The number of rotatable bonds is 7. The summed E-state index contributed by atoms with van der Waals surface area (Å²) in [5, 5.41) is 10.8. The number of hydrogen-bond donors (Lipinski definition) is 0. The van der Waals surface area contributed by atoms with Gasteiger partial charge in [-0.2, -0.15) is 0 Å². The second-order valence-electron chi connectivity index (χ2n) is 5.91. The number of sulfone groups is 1. The highest BCUT2D eigenvalue weighted by atomic mass is 32.2. The minimum atomic E-state index is -3.54. The van der Waals surface area contributed by atoms with Gasteiger partial charge in [-0.3, -0.25) is 10.1 Å². The molecule has 0 radical (unpaired) electrons. The second kappa shape index (κ2) is 7.91. The van der Waals surface area contributed by atoms with Gasteiger partial charge in [-0.25, -0.2) is 8.42 Å². The molecule has 1 fully saturated rings. The lowest BCUT2D eigenvalue weighted by Crippen LogP contribution is -2.44. The number of nitrogens with zero attached hydrogens (tertiary/aromatic N) is 3. The zero-order valence-corrected chi connectivity index (χ0v) is 14.8. The zero-order chi connectivity index (χ0) is 17.7. The standard InChI is InChI=1S/C15H23N3O5S/c1-16-7-9-17(10-8-16)6-3-11-24(21,22)15-5-4-13(18(19)20)12-14(15)23-2/h4-5,12H,3,6-11H2,1-2H3. The van der Waals surface area contributed by atoms with Crippen molar-refractivity contribution in [3.8, 4) is 5.75 Å². The van der Waals surface area contributed by atoms with E-state index in [4.69, 9.17) is 4.74 Å². The average Bonchev–Trinajstić information content (AvgIpc) is 2.55. The van der Waals surface area contributed by atoms with Crippen LogP contribution in [0.1, 0.15) is 6.42 Å². The van der Waals surface area contributed by atoms with Gasteiger partial charge in [0.05, 0.1) is 23.9 Å². The predicted molar refractivity (Wildman–Crippen MR) is 90.3 cm³/mol. The van der Waals surface area contributed by atoms with Crippen LogP contribution in [0.3, 0.4) is 0 Å². The Morgan fingerprint density at radius 3 is 2.50 bits per heavy atom. The second-order valence-corrected chi connectivity index (χ2v) is 7.99. The van der Waals surface area contributed by atoms with E-state index in [1.807, 2.05) is 0 Å². The molecule has 0 atom stereocenters. The molecule has 1 aromatic carbocycles. The van der Waals surface area contributed by atoms with E-state index >= 15 is 0 Å². The van der Waals surface area contributed by atoms with Crippen molar-refractivity contribution in [3.63, 3.8) is 0 Å². The van der Waals surface area contributed by atoms with Crippen LogP contribution in [0.5, 0.6) is 5.75 Å². The van der Waals surface area contributed by atoms with Gasteiger partial charge in [0.1, 0.15) is 10.6 Å². The SMILES string of the molecule is COc1cc([N+](=O)[O-])ccc1S(=O)(=O)CCCN1CCN(C)CC1. The van der Waals surface area contributed by atoms with Gasteiger partial charge in [0, 0.05) is 32.2 Å². The first-order valence-corrected chi connectivity index (χ1v) is 9.45. The Bertz CT molecular complexity index is 684. The molecule has 24 heavy (non-hydrogen) atoms. The van der Waals surface area contributed by atoms with Crippen LogP contribution in [0.2, 0.25) is 0 Å². The minimum Gasteiger partial charge on any atom is -0.495 e. The van der Waals surface area contributed by atoms with Crippen molar-refractivity contribution in [2.24, 2.45) is 0 Å². The fraction of sp³-hybridized carbons (Fsp3) is 0.600. The summed E-state index contributed by atoms with van der Waals surface area (Å²) in [5.74, 6) is 0.0110. The molecule has 1 aliphatic rings. The third-order valence-corrected chi connectivity index (χ3v) is 6.01. The normalized spacial score (nSPS) is 16.9. The number of likely N-dealkylation sites (N-methyl/N-ethyl adjacent to an activating group) is 1. The lowest BCUT2D eigenvalue weighted by Gasteiger charge is -2.32. The molecule has 0 spiro atoms. The molecule has 0 aromatic heterocycles. The summed E-state index contributed by atoms with van der Waals surface area (Å²) in [6, 6.07) is 3.59. The number of non-ortho nitro benzene ring substituents is 1. The first kappa shape index (κ1) is 18.6. The lowest BCUT2D eigenvalue weighted by molar-refractivity contribution is -0.385. The summed E-state index contributed by atoms with van der Waals surface area (Å²) in [6.07, 6.45) is 0.520. The summed E-state index contributed by atoms with van der Waals surface area (Å²) in [4.78, 5) is 14.7. The molecule has 8 nitrogen and oxygen atoms in total. The van der Waals surface area contributed by atoms with Crippen LogP contribution in [0.4, 0.5) is 5.69 Å². The maximum Gasteiger partial charge on any atom is 0.273 e. The monoisotopic (exact) mass is 357 g/mol. The van der Waals surface area contributed by atoms with Crippen LogP contribution >= 0.6 is 0 Å². The third kappa shape index (κ3) is 4.65. The van der Waals surface area contributed by atoms with Crippen LogP contribution in [0.15, 0.2) is 23.1 Å². The summed E-state index contributed by atoms with van der Waals surface area (Å²) >= 11 is 0. The Balaban J connectivity index is 2.00. The van der Waals surface area contributed by atoms with Crippen molar-refractivity contribution in [1.82, 2.24) is 9.80 Å². The van der Waals surface area contributed by atoms with Gasteiger partial charge in [-0.1, -0.05) is 0 Å². The van der Waals surface area contributed by atoms with Gasteiger partial charge in [-0.05, 0) is 26.1 Å². The van der Waals surface area contributed by atoms with Gasteiger partial charge in [0.15, 0.2) is 9.84 Å². The van der Waals surface area contributed by atoms with Crippen molar-refractivity contribution in [2.45, 2.75) is 11.3 Å². The van der Waals surface area contributed by atoms with Gasteiger partial charge >= 0.3 is 0 Å². The van der Waals surface area contributed by atoms with Crippen molar-refractivity contribution >= 4 is 15.5 Å². The highest BCUT2D eigenvalue weighted by molar-refractivity contribution is 7.91. The molecule has 134 valence electrons. The van der Waals surface area contributed by atoms with E-state index in [9.17, 15) is 18.5 Å². The Kier molecular flexibility index (Phi) is 6.14. The Morgan fingerprint density at radius 1 is 1.25 bits per heavy atom. The largest absolute Gasteiger partial charge is 0.495 e. The van der Waals surface area contributed by atoms with Crippen molar-refractivity contribution in [1.29, 1.82) is 0 Å². The van der Waals surface area contributed by atoms with E-state index in [1.54, 1.807) is 0 Å². The fourth-order valence-electron chi connectivity index (χ4n) is 2.69. The lowest BCUT2D eigenvalue weighted by atomic mass is 10.3. The summed E-state index contributed by atoms with van der Waals surface area (Å²) in [7, 11) is -0.162. The molecule has 9 heteroatoms. The number of nitro benzene ring substituents is 1. The third-order valence-electron chi connectivity index (χ3n) is 4.18. The topological polar surface area (TPSA) is 93.0 Å². The molecule has 0 amide bonds. The van der Waals surface area contributed by atoms with E-state index in [1.165, 1.54) is 19.2 Å². The molecule has 0 unspecified atom stereocenters.